The van der Waals surface area contributed by atoms with E-state index in [-0.39, 0.29) is 31.9 Å². The molecule has 0 saturated carbocycles. The van der Waals surface area contributed by atoms with Gasteiger partial charge in [0.1, 0.15) is 0 Å². The minimum absolute atomic E-state index is 0. The van der Waals surface area contributed by atoms with Gasteiger partial charge in [-0.3, -0.25) is 0 Å². The molecule has 242 valence electrons. The molecule has 0 N–H and O–H groups in total. The number of benzene rings is 2. The van der Waals surface area contributed by atoms with Gasteiger partial charge in [0, 0.05) is 10.9 Å². The number of allylic oxidation sites excluding steroid dienone is 5. The maximum Gasteiger partial charge on any atom is 4.00 e. The van der Waals surface area contributed by atoms with Gasteiger partial charge in [-0.2, -0.15) is 42.3 Å². The van der Waals surface area contributed by atoms with Crippen molar-refractivity contribution >= 4 is 11.3 Å². The van der Waals surface area contributed by atoms with E-state index in [1.54, 1.807) is 53.6 Å². The predicted molar refractivity (Wildman–Crippen MR) is 198 cm³/mol. The first-order valence-electron chi connectivity index (χ1n) is 15.3. The molecule has 2 aromatic carbocycles. The van der Waals surface area contributed by atoms with Crippen LogP contribution in [0.25, 0.3) is 32.5 Å². The van der Waals surface area contributed by atoms with Crippen molar-refractivity contribution in [3.8, 4) is 11.3 Å². The number of aryl methyl sites for hydroxylation is 3. The predicted octanol–water partition coefficient (Wildman–Crippen LogP) is 11.5. The number of hydrogen-bond donors (Lipinski definition) is 0. The first-order valence-corrected chi connectivity index (χ1v) is 16.2. The van der Waals surface area contributed by atoms with E-state index in [1.807, 2.05) is 0 Å². The number of hydrogen-bond acceptors (Lipinski definition) is 2. The van der Waals surface area contributed by atoms with Crippen LogP contribution >= 0.6 is 11.3 Å². The number of thiazole rings is 1. The Kier molecular flexibility index (Phi) is 22.1. The van der Waals surface area contributed by atoms with Crippen LogP contribution in [0, 0.1) is 32.6 Å². The van der Waals surface area contributed by atoms with Crippen molar-refractivity contribution in [2.75, 3.05) is 42.3 Å². The zero-order valence-electron chi connectivity index (χ0n) is 29.9. The molecule has 1 unspecified atom stereocenters. The van der Waals surface area contributed by atoms with Gasteiger partial charge in [0.25, 0.3) is 0 Å². The van der Waals surface area contributed by atoms with E-state index in [0.717, 1.165) is 22.8 Å². The Morgan fingerprint density at radius 3 is 1.80 bits per heavy atom. The van der Waals surface area contributed by atoms with E-state index in [1.165, 1.54) is 39.0 Å². The third kappa shape index (κ3) is 13.6. The van der Waals surface area contributed by atoms with Gasteiger partial charge in [-0.1, -0.05) is 111 Å². The first-order chi connectivity index (χ1) is 21.0. The second-order valence-electron chi connectivity index (χ2n) is 11.5. The molecule has 1 heterocycles. The van der Waals surface area contributed by atoms with Gasteiger partial charge < -0.3 is 21.3 Å². The van der Waals surface area contributed by atoms with Crippen LogP contribution in [-0.2, 0) is 25.8 Å². The van der Waals surface area contributed by atoms with Gasteiger partial charge in [-0.15, -0.1) is 17.0 Å². The zero-order valence-corrected chi connectivity index (χ0v) is 34.3. The molecule has 3 aromatic rings. The van der Waals surface area contributed by atoms with Crippen LogP contribution in [0.15, 0.2) is 82.9 Å². The maximum atomic E-state index is 5.52. The van der Waals surface area contributed by atoms with Gasteiger partial charge >= 0.3 is 25.8 Å². The molecule has 1 aliphatic rings. The van der Waals surface area contributed by atoms with E-state index >= 15 is 0 Å². The van der Waals surface area contributed by atoms with Gasteiger partial charge in [-0.05, 0) is 56.2 Å². The molecule has 4 rings (SSSR count). The molecule has 0 aliphatic heterocycles. The fraction of sp³-hybridized carbons (Fsp3) is 0.447. The third-order valence-electron chi connectivity index (χ3n) is 6.62. The fourth-order valence-electron chi connectivity index (χ4n) is 5.01. The minimum atomic E-state index is -0.140. The number of nitrogens with zero attached hydrogens (tertiary/aromatic N) is 5. The summed E-state index contributed by atoms with van der Waals surface area (Å²) in [5.74, 6) is 0.801. The summed E-state index contributed by atoms with van der Waals surface area (Å²) >= 11 is 1.72. The van der Waals surface area contributed by atoms with E-state index < -0.39 is 0 Å². The molecule has 0 amide bonds. The van der Waals surface area contributed by atoms with Crippen LogP contribution in [0.2, 0.25) is 0 Å². The van der Waals surface area contributed by atoms with E-state index in [4.69, 9.17) is 10.3 Å². The second kappa shape index (κ2) is 23.2. The van der Waals surface area contributed by atoms with Crippen LogP contribution < -0.4 is 0 Å². The summed E-state index contributed by atoms with van der Waals surface area (Å²) < 4.78 is 0. The van der Waals surface area contributed by atoms with Crippen LogP contribution in [0.5, 0.6) is 0 Å². The molecule has 5 nitrogen and oxygen atoms in total. The third-order valence-corrected chi connectivity index (χ3v) is 7.52. The molecular weight excluding hydrogens is 737 g/mol. The Morgan fingerprint density at radius 1 is 0.778 bits per heavy atom. The average molecular weight is 792 g/mol. The Morgan fingerprint density at radius 2 is 1.31 bits per heavy atom. The molecule has 0 radical (unpaired) electrons. The van der Waals surface area contributed by atoms with Gasteiger partial charge in [0.2, 0.25) is 0 Å². The van der Waals surface area contributed by atoms with Crippen molar-refractivity contribution in [2.45, 2.75) is 60.9 Å². The van der Waals surface area contributed by atoms with Crippen LogP contribution in [0.4, 0.5) is 0 Å². The Balaban J connectivity index is 0.00000173. The molecule has 0 bridgehead atoms. The van der Waals surface area contributed by atoms with Crippen LogP contribution in [0.1, 0.15) is 67.4 Å². The van der Waals surface area contributed by atoms with Crippen molar-refractivity contribution in [2.24, 2.45) is 11.8 Å². The van der Waals surface area contributed by atoms with Gasteiger partial charge in [0.05, 0.1) is 10.7 Å². The van der Waals surface area contributed by atoms with Crippen molar-refractivity contribution in [3.05, 3.63) is 131 Å². The largest absolute Gasteiger partial charge is 4.00 e. The molecule has 0 saturated heterocycles. The van der Waals surface area contributed by atoms with Crippen LogP contribution in [0.3, 0.4) is 0 Å². The zero-order chi connectivity index (χ0) is 33.2. The maximum absolute atomic E-state index is 5.52. The second-order valence-corrected chi connectivity index (χ2v) is 12.4. The minimum Gasteiger partial charge on any atom is -0.672 e. The quantitative estimate of drug-likeness (QED) is 0.220. The standard InChI is InChI=1S/C32H37N2S.3C2H6N.Hf/c1-20(2)26-15-11-12-16-27(21(3)4)31(26)34-30(25-13-9-8-10-14-25)32-33-28(19-35-32)29-23(6)17-22(5)18-24(29)7;3*1-3-2;/h8-11,13-21,30H,12H2,1-7H3;3*1-2H3;/q4*-1;+4. The normalized spacial score (nSPS) is 12.8. The topological polar surface area (TPSA) is 69.3 Å². The summed E-state index contributed by atoms with van der Waals surface area (Å²) in [6, 6.07) is 15.0. The molecule has 0 spiro atoms. The van der Waals surface area contributed by atoms with Crippen molar-refractivity contribution < 1.29 is 25.8 Å². The van der Waals surface area contributed by atoms with Gasteiger partial charge in [0.15, 0.2) is 0 Å². The van der Waals surface area contributed by atoms with Crippen LogP contribution in [-0.4, -0.2) is 47.3 Å². The summed E-state index contributed by atoms with van der Waals surface area (Å²) in [6.45, 7) is 15.6. The van der Waals surface area contributed by atoms with E-state index in [2.05, 4.69) is 130 Å². The first kappa shape index (κ1) is 42.8. The molecule has 7 heteroatoms. The number of aromatic nitrogens is 1. The van der Waals surface area contributed by atoms with E-state index in [0.29, 0.717) is 11.8 Å². The average Bonchev–Trinajstić information content (AvgIpc) is 3.31. The molecular formula is C38H55HfN5S. The van der Waals surface area contributed by atoms with E-state index in [9.17, 15) is 0 Å². The molecule has 1 atom stereocenters. The SMILES string of the molecule is C[N-]C.C[N-]C.C[N-]C.Cc1cc(C)c(-c2csc(C([N-]C3=C(C(C)C)C=CCC=C3C(C)C)c3ccccc3)n2)c(C)c1.[Hf+4]. The van der Waals surface area contributed by atoms with Crippen molar-refractivity contribution in [1.29, 1.82) is 0 Å². The van der Waals surface area contributed by atoms with Gasteiger partial charge in [-0.25, -0.2) is 4.98 Å². The summed E-state index contributed by atoms with van der Waals surface area (Å²) in [4.78, 5) is 5.20. The number of rotatable bonds is 7. The molecule has 1 aliphatic carbocycles. The monoisotopic (exact) mass is 793 g/mol. The summed E-state index contributed by atoms with van der Waals surface area (Å²) in [5.41, 5.74) is 11.1. The van der Waals surface area contributed by atoms with Crippen molar-refractivity contribution in [3.63, 3.8) is 0 Å². The molecule has 1 aromatic heterocycles. The Hall–Kier alpha value is -2.16. The molecule has 45 heavy (non-hydrogen) atoms. The Bertz CT molecular complexity index is 1310. The molecule has 0 fully saturated rings. The fourth-order valence-corrected chi connectivity index (χ4v) is 5.88. The summed E-state index contributed by atoms with van der Waals surface area (Å²) in [6.07, 6.45) is 7.85. The van der Waals surface area contributed by atoms with Crippen molar-refractivity contribution in [1.82, 2.24) is 4.98 Å². The smallest absolute Gasteiger partial charge is 0.672 e. The summed E-state index contributed by atoms with van der Waals surface area (Å²) in [5, 5.41) is 19.3. The summed E-state index contributed by atoms with van der Waals surface area (Å²) in [7, 11) is 10.5. The Labute approximate surface area is 298 Å².